The normalized spacial score (nSPS) is 18.3. The second kappa shape index (κ2) is 5.65. The third kappa shape index (κ3) is 2.51. The minimum Gasteiger partial charge on any atom is -0.409 e. The van der Waals surface area contributed by atoms with Crippen molar-refractivity contribution in [2.24, 2.45) is 5.16 Å². The number of anilines is 1. The molecule has 0 spiro atoms. The Bertz CT molecular complexity index is 412. The van der Waals surface area contributed by atoms with Gasteiger partial charge in [0.15, 0.2) is 11.5 Å². The van der Waals surface area contributed by atoms with Crippen LogP contribution in [0.25, 0.3) is 0 Å². The minimum atomic E-state index is 0.105. The molecule has 0 radical (unpaired) electrons. The van der Waals surface area contributed by atoms with Crippen molar-refractivity contribution in [2.75, 3.05) is 45.1 Å². The standard InChI is InChI=1S/C9H16N6O3/c10-8-7(12-18-13-8)9(11-17)15-3-1-14(2-4-15)5-6-16/h16-17H,1-6H2,(H2,10,13)/p+1/b11-9-. The summed E-state index contributed by atoms with van der Waals surface area (Å²) in [5.41, 5.74) is 5.83. The van der Waals surface area contributed by atoms with Crippen LogP contribution in [-0.2, 0) is 0 Å². The van der Waals surface area contributed by atoms with E-state index in [1.54, 1.807) is 0 Å². The number of nitrogens with one attached hydrogen (secondary N) is 1. The van der Waals surface area contributed by atoms with E-state index in [1.807, 2.05) is 4.90 Å². The van der Waals surface area contributed by atoms with Crippen LogP contribution >= 0.6 is 0 Å². The number of hydrogen-bond donors (Lipinski definition) is 4. The Balaban J connectivity index is 2.02. The molecule has 0 unspecified atom stereocenters. The molecule has 9 heteroatoms. The maximum absolute atomic E-state index is 9.08. The summed E-state index contributed by atoms with van der Waals surface area (Å²) >= 11 is 0. The second-order valence-electron chi connectivity index (χ2n) is 4.13. The number of nitrogens with two attached hydrogens (primary N) is 1. The molecular formula is C9H17N6O3+. The Morgan fingerprint density at radius 1 is 1.44 bits per heavy atom. The quantitative estimate of drug-likeness (QED) is 0.196. The van der Waals surface area contributed by atoms with E-state index in [9.17, 15) is 0 Å². The lowest BCUT2D eigenvalue weighted by atomic mass is 10.2. The maximum atomic E-state index is 9.08. The number of hydrogen-bond acceptors (Lipinski definition) is 7. The molecule has 0 saturated carbocycles. The Hall–Kier alpha value is -1.87. The summed E-state index contributed by atoms with van der Waals surface area (Å²) < 4.78 is 4.50. The molecule has 1 saturated heterocycles. The fourth-order valence-corrected chi connectivity index (χ4v) is 2.05. The molecule has 0 aromatic carbocycles. The number of aromatic nitrogens is 2. The number of amidine groups is 1. The molecule has 0 atom stereocenters. The van der Waals surface area contributed by atoms with Gasteiger partial charge in [-0.2, -0.15) is 0 Å². The molecule has 2 heterocycles. The molecule has 1 aliphatic heterocycles. The molecule has 1 aromatic heterocycles. The summed E-state index contributed by atoms with van der Waals surface area (Å²) in [5.74, 6) is 0.379. The molecule has 0 amide bonds. The highest BCUT2D eigenvalue weighted by Gasteiger charge is 2.26. The van der Waals surface area contributed by atoms with Crippen LogP contribution in [0.4, 0.5) is 5.82 Å². The van der Waals surface area contributed by atoms with Crippen molar-refractivity contribution in [3.63, 3.8) is 0 Å². The lowest BCUT2D eigenvalue weighted by Gasteiger charge is -2.32. The Kier molecular flexibility index (Phi) is 3.95. The van der Waals surface area contributed by atoms with Crippen LogP contribution in [-0.4, -0.2) is 70.7 Å². The highest BCUT2D eigenvalue weighted by atomic mass is 16.6. The predicted octanol–water partition coefficient (Wildman–Crippen LogP) is -3.02. The third-order valence-corrected chi connectivity index (χ3v) is 3.06. The van der Waals surface area contributed by atoms with Crippen LogP contribution in [0.3, 0.4) is 0 Å². The van der Waals surface area contributed by atoms with Gasteiger partial charge in [-0.3, -0.25) is 0 Å². The average molecular weight is 257 g/mol. The van der Waals surface area contributed by atoms with E-state index in [2.05, 4.69) is 20.1 Å². The highest BCUT2D eigenvalue weighted by molar-refractivity contribution is 6.00. The van der Waals surface area contributed by atoms with E-state index in [0.717, 1.165) is 19.6 Å². The summed E-state index contributed by atoms with van der Waals surface area (Å²) in [6.07, 6.45) is 0. The second-order valence-corrected chi connectivity index (χ2v) is 4.13. The predicted molar refractivity (Wildman–Crippen MR) is 61.3 cm³/mol. The first-order chi connectivity index (χ1) is 8.76. The van der Waals surface area contributed by atoms with E-state index in [-0.39, 0.29) is 24.0 Å². The van der Waals surface area contributed by atoms with Gasteiger partial charge in [-0.25, -0.2) is 4.63 Å². The van der Waals surface area contributed by atoms with Crippen molar-refractivity contribution in [3.05, 3.63) is 5.69 Å². The van der Waals surface area contributed by atoms with Gasteiger partial charge in [0, 0.05) is 0 Å². The first-order valence-corrected chi connectivity index (χ1v) is 5.76. The molecule has 2 rings (SSSR count). The van der Waals surface area contributed by atoms with E-state index in [1.165, 1.54) is 4.90 Å². The van der Waals surface area contributed by atoms with Gasteiger partial charge < -0.3 is 25.8 Å². The van der Waals surface area contributed by atoms with Crippen molar-refractivity contribution in [3.8, 4) is 0 Å². The van der Waals surface area contributed by atoms with Crippen molar-refractivity contribution in [2.45, 2.75) is 0 Å². The smallest absolute Gasteiger partial charge is 0.201 e. The van der Waals surface area contributed by atoms with Gasteiger partial charge in [0.25, 0.3) is 0 Å². The maximum Gasteiger partial charge on any atom is 0.201 e. The largest absolute Gasteiger partial charge is 0.409 e. The van der Waals surface area contributed by atoms with Gasteiger partial charge in [-0.05, 0) is 10.3 Å². The number of nitrogen functional groups attached to an aromatic ring is 1. The number of aliphatic hydroxyl groups is 1. The van der Waals surface area contributed by atoms with E-state index in [4.69, 9.17) is 16.0 Å². The van der Waals surface area contributed by atoms with Crippen molar-refractivity contribution in [1.82, 2.24) is 15.2 Å². The number of oxime groups is 1. The lowest BCUT2D eigenvalue weighted by Crippen LogP contribution is -3.15. The minimum absolute atomic E-state index is 0.105. The molecule has 1 aromatic rings. The van der Waals surface area contributed by atoms with Crippen LogP contribution in [0.15, 0.2) is 9.78 Å². The number of rotatable bonds is 3. The SMILES string of the molecule is Nc1nonc1/C(=N/O)N1CC[NH+](CCO)CC1. The van der Waals surface area contributed by atoms with Crippen LogP contribution in [0.2, 0.25) is 0 Å². The summed E-state index contributed by atoms with van der Waals surface area (Å²) in [6.45, 7) is 4.00. The fraction of sp³-hybridized carbons (Fsp3) is 0.667. The zero-order valence-corrected chi connectivity index (χ0v) is 9.91. The molecule has 9 nitrogen and oxygen atoms in total. The third-order valence-electron chi connectivity index (χ3n) is 3.06. The van der Waals surface area contributed by atoms with E-state index >= 15 is 0 Å². The van der Waals surface area contributed by atoms with E-state index in [0.29, 0.717) is 13.1 Å². The Morgan fingerprint density at radius 3 is 2.67 bits per heavy atom. The number of nitrogens with zero attached hydrogens (tertiary/aromatic N) is 4. The van der Waals surface area contributed by atoms with Gasteiger partial charge in [-0.15, -0.1) is 0 Å². The summed E-state index contributed by atoms with van der Waals surface area (Å²) in [4.78, 5) is 3.19. The summed E-state index contributed by atoms with van der Waals surface area (Å²) in [5, 5.41) is 28.3. The molecule has 1 aliphatic rings. The van der Waals surface area contributed by atoms with Crippen molar-refractivity contribution >= 4 is 11.7 Å². The van der Waals surface area contributed by atoms with Crippen LogP contribution in [0.1, 0.15) is 5.69 Å². The van der Waals surface area contributed by atoms with Gasteiger partial charge in [0.1, 0.15) is 6.54 Å². The fourth-order valence-electron chi connectivity index (χ4n) is 2.05. The zero-order chi connectivity index (χ0) is 13.0. The summed E-state index contributed by atoms with van der Waals surface area (Å²) in [6, 6.07) is 0. The van der Waals surface area contributed by atoms with Gasteiger partial charge in [0.05, 0.1) is 32.8 Å². The number of aliphatic hydroxyl groups excluding tert-OH is 1. The molecule has 18 heavy (non-hydrogen) atoms. The molecule has 0 aliphatic carbocycles. The number of quaternary nitrogens is 1. The van der Waals surface area contributed by atoms with Crippen molar-refractivity contribution in [1.29, 1.82) is 0 Å². The van der Waals surface area contributed by atoms with Crippen LogP contribution < -0.4 is 10.6 Å². The summed E-state index contributed by atoms with van der Waals surface area (Å²) in [7, 11) is 0. The molecule has 1 fully saturated rings. The Morgan fingerprint density at radius 2 is 2.17 bits per heavy atom. The average Bonchev–Trinajstić information content (AvgIpc) is 2.79. The lowest BCUT2D eigenvalue weighted by molar-refractivity contribution is -0.904. The van der Waals surface area contributed by atoms with Crippen molar-refractivity contribution < 1.29 is 19.8 Å². The molecular weight excluding hydrogens is 240 g/mol. The zero-order valence-electron chi connectivity index (χ0n) is 9.91. The van der Waals surface area contributed by atoms with Gasteiger partial charge in [0.2, 0.25) is 5.84 Å². The first kappa shape index (κ1) is 12.6. The molecule has 100 valence electrons. The van der Waals surface area contributed by atoms with Gasteiger partial charge in [-0.1, -0.05) is 5.16 Å². The molecule has 0 bridgehead atoms. The topological polar surface area (TPSA) is 125 Å². The van der Waals surface area contributed by atoms with Crippen LogP contribution in [0, 0.1) is 0 Å². The Labute approximate surface area is 103 Å². The highest BCUT2D eigenvalue weighted by Crippen LogP contribution is 2.09. The first-order valence-electron chi connectivity index (χ1n) is 5.76. The molecule has 5 N–H and O–H groups in total. The van der Waals surface area contributed by atoms with E-state index < -0.39 is 0 Å². The monoisotopic (exact) mass is 257 g/mol. The van der Waals surface area contributed by atoms with Crippen LogP contribution in [0.5, 0.6) is 0 Å². The number of piperazine rings is 1. The van der Waals surface area contributed by atoms with Gasteiger partial charge >= 0.3 is 0 Å².